The lowest BCUT2D eigenvalue weighted by atomic mass is 9.98. The molecule has 0 unspecified atom stereocenters. The highest BCUT2D eigenvalue weighted by molar-refractivity contribution is 5.85. The van der Waals surface area contributed by atoms with Gasteiger partial charge in [-0.05, 0) is 25.9 Å². The number of rotatable bonds is 2. The van der Waals surface area contributed by atoms with Gasteiger partial charge in [-0.2, -0.15) is 13.8 Å². The largest absolute Gasteiger partial charge is 0.333 e. The molecule has 0 aromatic carbocycles. The van der Waals surface area contributed by atoms with Crippen LogP contribution in [0.1, 0.15) is 36.9 Å². The summed E-state index contributed by atoms with van der Waals surface area (Å²) < 4.78 is 28.7. The molecule has 0 atom stereocenters. The summed E-state index contributed by atoms with van der Waals surface area (Å²) in [5.74, 6) is 0.00725. The van der Waals surface area contributed by atoms with Crippen molar-refractivity contribution in [3.8, 4) is 0 Å². The van der Waals surface area contributed by atoms with Gasteiger partial charge in [0.25, 0.3) is 5.89 Å². The van der Waals surface area contributed by atoms with E-state index >= 15 is 0 Å². The molecule has 0 radical (unpaired) electrons. The zero-order chi connectivity index (χ0) is 9.97. The topological polar surface area (TPSA) is 51.0 Å². The Kier molecular flexibility index (Phi) is 4.41. The average molecular weight is 240 g/mol. The first-order valence-corrected chi connectivity index (χ1v) is 4.59. The van der Waals surface area contributed by atoms with Crippen LogP contribution in [0.25, 0.3) is 0 Å². The summed E-state index contributed by atoms with van der Waals surface area (Å²) in [6.07, 6.45) is -0.914. The predicted octanol–water partition coefficient (Wildman–Crippen LogP) is 1.90. The molecule has 2 heterocycles. The van der Waals surface area contributed by atoms with Crippen LogP contribution in [-0.4, -0.2) is 23.2 Å². The van der Waals surface area contributed by atoms with E-state index in [9.17, 15) is 8.78 Å². The summed E-state index contributed by atoms with van der Waals surface area (Å²) in [4.78, 5) is 3.68. The first-order chi connectivity index (χ1) is 6.77. The third kappa shape index (κ3) is 2.85. The molecule has 1 aromatic rings. The van der Waals surface area contributed by atoms with Crippen molar-refractivity contribution in [1.29, 1.82) is 0 Å². The van der Waals surface area contributed by atoms with Gasteiger partial charge >= 0.3 is 6.43 Å². The van der Waals surface area contributed by atoms with Crippen LogP contribution < -0.4 is 5.32 Å². The summed E-state index contributed by atoms with van der Waals surface area (Å²) in [6, 6.07) is 0. The fourth-order valence-corrected chi connectivity index (χ4v) is 1.58. The van der Waals surface area contributed by atoms with Crippen molar-refractivity contribution in [2.24, 2.45) is 0 Å². The predicted molar refractivity (Wildman–Crippen MR) is 51.3 cm³/mol. The van der Waals surface area contributed by atoms with Crippen LogP contribution in [0.5, 0.6) is 0 Å². The van der Waals surface area contributed by atoms with Crippen molar-refractivity contribution in [1.82, 2.24) is 15.5 Å². The lowest BCUT2D eigenvalue weighted by molar-refractivity contribution is 0.106. The number of aromatic nitrogens is 2. The summed E-state index contributed by atoms with van der Waals surface area (Å²) >= 11 is 0. The minimum absolute atomic E-state index is 0. The van der Waals surface area contributed by atoms with E-state index in [1.807, 2.05) is 0 Å². The van der Waals surface area contributed by atoms with Crippen molar-refractivity contribution in [2.45, 2.75) is 25.2 Å². The summed E-state index contributed by atoms with van der Waals surface area (Å²) in [5, 5.41) is 6.75. The molecule has 1 aromatic heterocycles. The Bertz CT molecular complexity index is 302. The van der Waals surface area contributed by atoms with Crippen LogP contribution in [0.4, 0.5) is 8.78 Å². The van der Waals surface area contributed by atoms with Crippen LogP contribution in [0.3, 0.4) is 0 Å². The first kappa shape index (κ1) is 12.3. The smallest absolute Gasteiger partial charge is 0.315 e. The SMILES string of the molecule is Cl.FC(F)c1nc(C2CCNCC2)no1. The highest BCUT2D eigenvalue weighted by atomic mass is 35.5. The van der Waals surface area contributed by atoms with E-state index in [0.717, 1.165) is 25.9 Å². The lowest BCUT2D eigenvalue weighted by Gasteiger charge is -2.18. The zero-order valence-corrected chi connectivity index (χ0v) is 8.77. The molecule has 2 rings (SSSR count). The minimum atomic E-state index is -2.67. The van der Waals surface area contributed by atoms with Crippen molar-refractivity contribution in [3.63, 3.8) is 0 Å². The molecule has 1 aliphatic heterocycles. The second kappa shape index (κ2) is 5.37. The number of halogens is 3. The van der Waals surface area contributed by atoms with E-state index in [1.54, 1.807) is 0 Å². The Morgan fingerprint density at radius 1 is 1.33 bits per heavy atom. The van der Waals surface area contributed by atoms with Crippen molar-refractivity contribution in [3.05, 3.63) is 11.7 Å². The number of hydrogen-bond donors (Lipinski definition) is 1. The molecular weight excluding hydrogens is 228 g/mol. The maximum absolute atomic E-state index is 12.1. The molecule has 1 saturated heterocycles. The Balaban J connectivity index is 0.00000112. The van der Waals surface area contributed by atoms with Gasteiger partial charge in [-0.1, -0.05) is 5.16 Å². The molecular formula is C8H12ClF2N3O. The molecule has 0 amide bonds. The second-order valence-corrected chi connectivity index (χ2v) is 3.32. The standard InChI is InChI=1S/C8H11F2N3O.ClH/c9-6(10)8-12-7(13-14-8)5-1-3-11-4-2-5;/h5-6,11H,1-4H2;1H. The van der Waals surface area contributed by atoms with E-state index in [0.29, 0.717) is 5.82 Å². The maximum Gasteiger partial charge on any atom is 0.315 e. The molecule has 4 nitrogen and oxygen atoms in total. The molecule has 1 aliphatic rings. The van der Waals surface area contributed by atoms with Crippen LogP contribution in [0, 0.1) is 0 Å². The Hall–Kier alpha value is -0.750. The highest BCUT2D eigenvalue weighted by Crippen LogP contribution is 2.24. The maximum atomic E-state index is 12.1. The molecule has 0 aliphatic carbocycles. The number of hydrogen-bond acceptors (Lipinski definition) is 4. The van der Waals surface area contributed by atoms with Gasteiger partial charge in [-0.25, -0.2) is 0 Å². The zero-order valence-electron chi connectivity index (χ0n) is 7.95. The second-order valence-electron chi connectivity index (χ2n) is 3.32. The van der Waals surface area contributed by atoms with Crippen LogP contribution in [0.15, 0.2) is 4.52 Å². The average Bonchev–Trinajstić information content (AvgIpc) is 2.68. The summed E-state index contributed by atoms with van der Waals surface area (Å²) in [5.41, 5.74) is 0. The third-order valence-corrected chi connectivity index (χ3v) is 2.35. The van der Waals surface area contributed by atoms with E-state index in [2.05, 4.69) is 20.0 Å². The van der Waals surface area contributed by atoms with Crippen molar-refractivity contribution < 1.29 is 13.3 Å². The molecule has 1 fully saturated rings. The van der Waals surface area contributed by atoms with Crippen LogP contribution >= 0.6 is 12.4 Å². The molecule has 0 saturated carbocycles. The minimum Gasteiger partial charge on any atom is -0.333 e. The van der Waals surface area contributed by atoms with Gasteiger partial charge in [0.2, 0.25) is 0 Å². The van der Waals surface area contributed by atoms with Crippen LogP contribution in [-0.2, 0) is 0 Å². The number of piperidine rings is 1. The Morgan fingerprint density at radius 3 is 2.53 bits per heavy atom. The van der Waals surface area contributed by atoms with Gasteiger partial charge in [0, 0.05) is 5.92 Å². The molecule has 15 heavy (non-hydrogen) atoms. The van der Waals surface area contributed by atoms with E-state index in [1.165, 1.54) is 0 Å². The Morgan fingerprint density at radius 2 is 2.00 bits per heavy atom. The van der Waals surface area contributed by atoms with E-state index in [4.69, 9.17) is 0 Å². The fraction of sp³-hybridized carbons (Fsp3) is 0.750. The third-order valence-electron chi connectivity index (χ3n) is 2.35. The first-order valence-electron chi connectivity index (χ1n) is 4.59. The fourth-order valence-electron chi connectivity index (χ4n) is 1.58. The quantitative estimate of drug-likeness (QED) is 0.856. The van der Waals surface area contributed by atoms with Gasteiger partial charge in [0.1, 0.15) is 0 Å². The van der Waals surface area contributed by atoms with E-state index in [-0.39, 0.29) is 18.3 Å². The van der Waals surface area contributed by atoms with Gasteiger partial charge < -0.3 is 9.84 Å². The van der Waals surface area contributed by atoms with Gasteiger partial charge in [0.15, 0.2) is 5.82 Å². The van der Waals surface area contributed by atoms with Crippen LogP contribution in [0.2, 0.25) is 0 Å². The summed E-state index contributed by atoms with van der Waals surface area (Å²) in [6.45, 7) is 1.76. The number of nitrogens with one attached hydrogen (secondary N) is 1. The van der Waals surface area contributed by atoms with Crippen molar-refractivity contribution >= 4 is 12.4 Å². The number of nitrogens with zero attached hydrogens (tertiary/aromatic N) is 2. The molecule has 0 bridgehead atoms. The normalized spacial score (nSPS) is 17.8. The molecule has 0 spiro atoms. The highest BCUT2D eigenvalue weighted by Gasteiger charge is 2.23. The van der Waals surface area contributed by atoms with Gasteiger partial charge in [-0.15, -0.1) is 12.4 Å². The number of alkyl halides is 2. The molecule has 7 heteroatoms. The lowest BCUT2D eigenvalue weighted by Crippen LogP contribution is -2.27. The molecule has 1 N–H and O–H groups in total. The monoisotopic (exact) mass is 239 g/mol. The molecule has 86 valence electrons. The van der Waals surface area contributed by atoms with Crippen molar-refractivity contribution in [2.75, 3.05) is 13.1 Å². The van der Waals surface area contributed by atoms with Gasteiger partial charge in [-0.3, -0.25) is 0 Å². The summed E-state index contributed by atoms with van der Waals surface area (Å²) in [7, 11) is 0. The van der Waals surface area contributed by atoms with Gasteiger partial charge in [0.05, 0.1) is 0 Å². The van der Waals surface area contributed by atoms with E-state index < -0.39 is 12.3 Å². The Labute approximate surface area is 91.8 Å².